The third kappa shape index (κ3) is 5.15. The first-order valence-electron chi connectivity index (χ1n) is 9.17. The molecule has 0 aliphatic heterocycles. The smallest absolute Gasteiger partial charge is 0.341 e. The Hall–Kier alpha value is -2.40. The van der Waals surface area contributed by atoms with Gasteiger partial charge in [0.25, 0.3) is 5.91 Å². The summed E-state index contributed by atoms with van der Waals surface area (Å²) in [5, 5.41) is 11.9. The number of carbonyl (C=O) groups is 3. The molecule has 0 bridgehead atoms. The predicted molar refractivity (Wildman–Crippen MR) is 113 cm³/mol. The first kappa shape index (κ1) is 22.9. The Kier molecular flexibility index (Phi) is 7.80. The highest BCUT2D eigenvalue weighted by molar-refractivity contribution is 7.99. The number of rotatable bonds is 9. The van der Waals surface area contributed by atoms with E-state index in [4.69, 9.17) is 10.5 Å². The zero-order valence-electron chi connectivity index (χ0n) is 17.1. The molecule has 158 valence electrons. The van der Waals surface area contributed by atoms with Gasteiger partial charge in [0.05, 0.1) is 22.8 Å². The van der Waals surface area contributed by atoms with Crippen LogP contribution in [0.15, 0.2) is 5.16 Å². The number of nitrogens with one attached hydrogen (secondary N) is 1. The Bertz CT molecular complexity index is 920. The largest absolute Gasteiger partial charge is 0.462 e. The zero-order chi connectivity index (χ0) is 21.7. The summed E-state index contributed by atoms with van der Waals surface area (Å²) in [6.07, 6.45) is 0.741. The van der Waals surface area contributed by atoms with Gasteiger partial charge in [-0.3, -0.25) is 9.59 Å². The van der Waals surface area contributed by atoms with E-state index >= 15 is 0 Å². The lowest BCUT2D eigenvalue weighted by Gasteiger charge is -2.12. The van der Waals surface area contributed by atoms with Crippen LogP contribution in [-0.4, -0.2) is 44.9 Å². The number of esters is 1. The van der Waals surface area contributed by atoms with Crippen molar-refractivity contribution in [2.24, 2.45) is 5.73 Å². The van der Waals surface area contributed by atoms with E-state index in [0.29, 0.717) is 10.7 Å². The summed E-state index contributed by atoms with van der Waals surface area (Å²) in [6.45, 7) is 9.50. The number of aryl methyl sites for hydroxylation is 1. The van der Waals surface area contributed by atoms with Crippen molar-refractivity contribution in [3.63, 3.8) is 0 Å². The minimum atomic E-state index is -0.662. The Morgan fingerprint density at radius 2 is 1.97 bits per heavy atom. The maximum Gasteiger partial charge on any atom is 0.341 e. The van der Waals surface area contributed by atoms with Gasteiger partial charge in [-0.1, -0.05) is 18.7 Å². The quantitative estimate of drug-likeness (QED) is 0.454. The molecule has 0 aromatic carbocycles. The van der Waals surface area contributed by atoms with Crippen LogP contribution in [0.1, 0.15) is 65.2 Å². The summed E-state index contributed by atoms with van der Waals surface area (Å²) in [4.78, 5) is 36.7. The average molecular weight is 440 g/mol. The molecule has 2 aromatic rings. The summed E-state index contributed by atoms with van der Waals surface area (Å²) in [6, 6.07) is 0.166. The Morgan fingerprint density at radius 1 is 1.28 bits per heavy atom. The van der Waals surface area contributed by atoms with Gasteiger partial charge in [0.2, 0.25) is 5.91 Å². The molecule has 2 aromatic heterocycles. The molecule has 3 N–H and O–H groups in total. The van der Waals surface area contributed by atoms with Crippen molar-refractivity contribution in [3.05, 3.63) is 21.8 Å². The summed E-state index contributed by atoms with van der Waals surface area (Å²) in [5.74, 6) is -0.685. The van der Waals surface area contributed by atoms with Crippen molar-refractivity contribution in [2.45, 2.75) is 52.2 Å². The van der Waals surface area contributed by atoms with E-state index in [1.165, 1.54) is 11.8 Å². The van der Waals surface area contributed by atoms with Crippen molar-refractivity contribution in [1.29, 1.82) is 0 Å². The summed E-state index contributed by atoms with van der Waals surface area (Å²) in [5.41, 5.74) is 5.94. The van der Waals surface area contributed by atoms with E-state index in [0.717, 1.165) is 23.6 Å². The fourth-order valence-corrected chi connectivity index (χ4v) is 4.69. The molecule has 0 aliphatic carbocycles. The lowest BCUT2D eigenvalue weighted by atomic mass is 10.1. The summed E-state index contributed by atoms with van der Waals surface area (Å²) >= 11 is 2.22. The van der Waals surface area contributed by atoms with Gasteiger partial charge >= 0.3 is 5.97 Å². The Balaban J connectivity index is 2.19. The molecular formula is C18H25N5O4S2. The molecule has 2 amide bonds. The third-order valence-corrected chi connectivity index (χ3v) is 6.17. The molecule has 0 aliphatic rings. The highest BCUT2D eigenvalue weighted by Crippen LogP contribution is 2.34. The lowest BCUT2D eigenvalue weighted by molar-refractivity contribution is -0.113. The van der Waals surface area contributed by atoms with Gasteiger partial charge in [0.15, 0.2) is 5.16 Å². The van der Waals surface area contributed by atoms with E-state index < -0.39 is 11.9 Å². The normalized spacial score (nSPS) is 11.0. The average Bonchev–Trinajstić information content (AvgIpc) is 3.21. The van der Waals surface area contributed by atoms with Gasteiger partial charge in [-0.05, 0) is 33.3 Å². The molecule has 0 saturated heterocycles. The number of thioether (sulfide) groups is 1. The van der Waals surface area contributed by atoms with Crippen molar-refractivity contribution >= 4 is 45.9 Å². The number of nitrogens with zero attached hydrogens (tertiary/aromatic N) is 3. The van der Waals surface area contributed by atoms with Crippen molar-refractivity contribution in [3.8, 4) is 0 Å². The fraction of sp³-hybridized carbons (Fsp3) is 0.500. The SMILES string of the molecule is CCOC(=O)c1c(NC(=O)CSc2nnc(CC)n2C(C)C)sc(C(N)=O)c1C. The van der Waals surface area contributed by atoms with E-state index in [1.807, 2.05) is 25.3 Å². The fourth-order valence-electron chi connectivity index (χ4n) is 2.74. The molecule has 0 atom stereocenters. The number of ether oxygens (including phenoxy) is 1. The van der Waals surface area contributed by atoms with Crippen LogP contribution in [0.5, 0.6) is 0 Å². The van der Waals surface area contributed by atoms with Crippen LogP contribution >= 0.6 is 23.1 Å². The molecule has 11 heteroatoms. The van der Waals surface area contributed by atoms with Gasteiger partial charge in [-0.15, -0.1) is 21.5 Å². The Labute approximate surface area is 177 Å². The minimum absolute atomic E-state index is 0.0691. The number of aromatic nitrogens is 3. The van der Waals surface area contributed by atoms with Crippen LogP contribution in [0.25, 0.3) is 0 Å². The van der Waals surface area contributed by atoms with E-state index in [9.17, 15) is 14.4 Å². The number of thiophene rings is 1. The maximum atomic E-state index is 12.5. The maximum absolute atomic E-state index is 12.5. The van der Waals surface area contributed by atoms with Gasteiger partial charge in [-0.2, -0.15) is 0 Å². The van der Waals surface area contributed by atoms with Gasteiger partial charge in [-0.25, -0.2) is 4.79 Å². The molecule has 0 fully saturated rings. The van der Waals surface area contributed by atoms with Crippen molar-refractivity contribution in [1.82, 2.24) is 14.8 Å². The van der Waals surface area contributed by atoms with E-state index in [1.54, 1.807) is 13.8 Å². The van der Waals surface area contributed by atoms with E-state index in [-0.39, 0.29) is 39.8 Å². The number of anilines is 1. The standard InChI is InChI=1S/C18H25N5O4S2/c1-6-11-21-22-18(23(11)9(3)4)28-8-12(24)20-16-13(17(26)27-7-2)10(5)14(29-16)15(19)25/h9H,6-8H2,1-5H3,(H2,19,25)(H,20,24). The zero-order valence-corrected chi connectivity index (χ0v) is 18.7. The van der Waals surface area contributed by atoms with E-state index in [2.05, 4.69) is 15.5 Å². The molecule has 0 unspecified atom stereocenters. The van der Waals surface area contributed by atoms with Gasteiger partial charge < -0.3 is 20.4 Å². The summed E-state index contributed by atoms with van der Waals surface area (Å²) in [7, 11) is 0. The molecule has 29 heavy (non-hydrogen) atoms. The number of hydrogen-bond acceptors (Lipinski definition) is 8. The molecular weight excluding hydrogens is 414 g/mol. The van der Waals surface area contributed by atoms with Gasteiger partial charge in [0.1, 0.15) is 10.8 Å². The topological polar surface area (TPSA) is 129 Å². The highest BCUT2D eigenvalue weighted by atomic mass is 32.2. The number of nitrogens with two attached hydrogens (primary N) is 1. The second kappa shape index (κ2) is 9.88. The van der Waals surface area contributed by atoms with Crippen molar-refractivity contribution < 1.29 is 19.1 Å². The first-order chi connectivity index (χ1) is 13.7. The Morgan fingerprint density at radius 3 is 2.52 bits per heavy atom. The van der Waals surface area contributed by atoms with Crippen LogP contribution in [0, 0.1) is 6.92 Å². The van der Waals surface area contributed by atoms with Crippen LogP contribution in [-0.2, 0) is 16.0 Å². The molecule has 9 nitrogen and oxygen atoms in total. The van der Waals surface area contributed by atoms with Crippen LogP contribution < -0.4 is 11.1 Å². The molecule has 2 heterocycles. The monoisotopic (exact) mass is 439 g/mol. The second-order valence-corrected chi connectivity index (χ2v) is 8.36. The highest BCUT2D eigenvalue weighted by Gasteiger charge is 2.26. The first-order valence-corrected chi connectivity index (χ1v) is 11.0. The summed E-state index contributed by atoms with van der Waals surface area (Å²) < 4.78 is 7.04. The van der Waals surface area contributed by atoms with Crippen LogP contribution in [0.2, 0.25) is 0 Å². The lowest BCUT2D eigenvalue weighted by Crippen LogP contribution is -2.17. The molecule has 2 rings (SSSR count). The van der Waals surface area contributed by atoms with Crippen LogP contribution in [0.3, 0.4) is 0 Å². The number of primary amides is 1. The molecule has 0 radical (unpaired) electrons. The van der Waals surface area contributed by atoms with Crippen molar-refractivity contribution in [2.75, 3.05) is 17.7 Å². The number of hydrogen-bond donors (Lipinski definition) is 2. The minimum Gasteiger partial charge on any atom is -0.462 e. The number of amides is 2. The third-order valence-electron chi connectivity index (χ3n) is 4.00. The molecule has 0 spiro atoms. The second-order valence-electron chi connectivity index (χ2n) is 6.40. The van der Waals surface area contributed by atoms with Crippen LogP contribution in [0.4, 0.5) is 5.00 Å². The molecule has 0 saturated carbocycles. The predicted octanol–water partition coefficient (Wildman–Crippen LogP) is 2.80. The van der Waals surface area contributed by atoms with Gasteiger partial charge in [0, 0.05) is 12.5 Å². The number of carbonyl (C=O) groups excluding carboxylic acids is 3.